The quantitative estimate of drug-likeness (QED) is 0.842. The molecular formula is C14H19NO. The van der Waals surface area contributed by atoms with Crippen LogP contribution in [0.1, 0.15) is 36.8 Å². The number of nitrogens with two attached hydrogens (primary N) is 1. The number of ether oxygens (including phenoxy) is 1. The second kappa shape index (κ2) is 3.57. The molecule has 1 aliphatic carbocycles. The smallest absolute Gasteiger partial charge is 0.0557 e. The highest BCUT2D eigenvalue weighted by atomic mass is 16.5. The van der Waals surface area contributed by atoms with Gasteiger partial charge in [-0.25, -0.2) is 0 Å². The highest BCUT2D eigenvalue weighted by molar-refractivity contribution is 5.42. The molecule has 1 aromatic carbocycles. The topological polar surface area (TPSA) is 35.2 Å². The minimum absolute atomic E-state index is 0.259. The first-order valence-corrected chi connectivity index (χ1v) is 6.17. The van der Waals surface area contributed by atoms with Crippen LogP contribution in [0.25, 0.3) is 0 Å². The first-order valence-electron chi connectivity index (χ1n) is 6.17. The summed E-state index contributed by atoms with van der Waals surface area (Å²) in [5.41, 5.74) is 9.39. The second-order valence-corrected chi connectivity index (χ2v) is 5.27. The van der Waals surface area contributed by atoms with Gasteiger partial charge in [0.15, 0.2) is 0 Å². The number of rotatable bonds is 3. The van der Waals surface area contributed by atoms with Crippen LogP contribution >= 0.6 is 0 Å². The lowest BCUT2D eigenvalue weighted by atomic mass is 9.81. The Balaban J connectivity index is 2.00. The minimum Gasteiger partial charge on any atom is -0.380 e. The van der Waals surface area contributed by atoms with E-state index in [1.807, 2.05) is 0 Å². The zero-order valence-electron chi connectivity index (χ0n) is 9.78. The Labute approximate surface area is 96.8 Å². The van der Waals surface area contributed by atoms with E-state index in [1.165, 1.54) is 24.0 Å². The molecule has 0 bridgehead atoms. The van der Waals surface area contributed by atoms with Crippen LogP contribution in [0.2, 0.25) is 0 Å². The highest BCUT2D eigenvalue weighted by Gasteiger charge is 2.49. The summed E-state index contributed by atoms with van der Waals surface area (Å²) < 4.78 is 5.31. The van der Waals surface area contributed by atoms with E-state index in [9.17, 15) is 0 Å². The monoisotopic (exact) mass is 217 g/mol. The summed E-state index contributed by atoms with van der Waals surface area (Å²) in [7, 11) is 0. The summed E-state index contributed by atoms with van der Waals surface area (Å²) in [5, 5.41) is 0. The van der Waals surface area contributed by atoms with Crippen molar-refractivity contribution in [3.05, 3.63) is 35.4 Å². The van der Waals surface area contributed by atoms with E-state index in [4.69, 9.17) is 10.5 Å². The Morgan fingerprint density at radius 2 is 2.00 bits per heavy atom. The average Bonchev–Trinajstić information content (AvgIpc) is 2.96. The molecule has 1 saturated heterocycles. The molecule has 1 unspecified atom stereocenters. The van der Waals surface area contributed by atoms with Crippen LogP contribution in [0.3, 0.4) is 0 Å². The summed E-state index contributed by atoms with van der Waals surface area (Å²) in [6.07, 6.45) is 2.49. The Kier molecular flexibility index (Phi) is 2.30. The van der Waals surface area contributed by atoms with Gasteiger partial charge in [0, 0.05) is 17.4 Å². The van der Waals surface area contributed by atoms with Gasteiger partial charge in [-0.05, 0) is 30.9 Å². The van der Waals surface area contributed by atoms with E-state index in [0.717, 1.165) is 13.2 Å². The summed E-state index contributed by atoms with van der Waals surface area (Å²) >= 11 is 0. The van der Waals surface area contributed by atoms with Gasteiger partial charge in [-0.3, -0.25) is 0 Å². The molecule has 1 aliphatic heterocycles. The molecule has 2 aliphatic rings. The zero-order valence-corrected chi connectivity index (χ0v) is 9.78. The molecule has 2 heteroatoms. The lowest BCUT2D eigenvalue weighted by Crippen LogP contribution is -2.34. The molecule has 2 nitrogen and oxygen atoms in total. The largest absolute Gasteiger partial charge is 0.380 e. The molecule has 1 saturated carbocycles. The van der Waals surface area contributed by atoms with E-state index in [2.05, 4.69) is 31.2 Å². The molecule has 0 spiro atoms. The first-order chi connectivity index (χ1) is 7.74. The van der Waals surface area contributed by atoms with Crippen molar-refractivity contribution in [2.75, 3.05) is 13.2 Å². The second-order valence-electron chi connectivity index (χ2n) is 5.27. The van der Waals surface area contributed by atoms with E-state index >= 15 is 0 Å². The van der Waals surface area contributed by atoms with Gasteiger partial charge in [0.2, 0.25) is 0 Å². The summed E-state index contributed by atoms with van der Waals surface area (Å²) in [6.45, 7) is 3.90. The van der Waals surface area contributed by atoms with Crippen molar-refractivity contribution < 1.29 is 4.74 Å². The molecule has 86 valence electrons. The fourth-order valence-electron chi connectivity index (χ4n) is 2.83. The van der Waals surface area contributed by atoms with Crippen molar-refractivity contribution in [2.24, 2.45) is 5.73 Å². The number of hydrogen-bond acceptors (Lipinski definition) is 2. The standard InChI is InChI=1S/C14H19NO/c1-10(15)14(6-7-14)13-5-3-2-4-12(13)11-8-16-9-11/h2-5,10-11H,6-9,15H2,1H3. The maximum absolute atomic E-state index is 6.16. The summed E-state index contributed by atoms with van der Waals surface area (Å²) in [5.74, 6) is 0.604. The third kappa shape index (κ3) is 1.40. The van der Waals surface area contributed by atoms with Gasteiger partial charge in [0.05, 0.1) is 13.2 Å². The SMILES string of the molecule is CC(N)C1(c2ccccc2C2COC2)CC1. The van der Waals surface area contributed by atoms with E-state index in [0.29, 0.717) is 5.92 Å². The van der Waals surface area contributed by atoms with Crippen LogP contribution in [0.4, 0.5) is 0 Å². The van der Waals surface area contributed by atoms with Gasteiger partial charge >= 0.3 is 0 Å². The Morgan fingerprint density at radius 3 is 2.50 bits per heavy atom. The van der Waals surface area contributed by atoms with Crippen LogP contribution < -0.4 is 5.73 Å². The fourth-order valence-corrected chi connectivity index (χ4v) is 2.83. The predicted molar refractivity (Wildman–Crippen MR) is 64.6 cm³/mol. The Morgan fingerprint density at radius 1 is 1.31 bits per heavy atom. The van der Waals surface area contributed by atoms with E-state index < -0.39 is 0 Å². The molecule has 1 heterocycles. The van der Waals surface area contributed by atoms with E-state index in [1.54, 1.807) is 0 Å². The molecule has 1 atom stereocenters. The molecular weight excluding hydrogens is 198 g/mol. The van der Waals surface area contributed by atoms with Crippen LogP contribution in [0, 0.1) is 0 Å². The van der Waals surface area contributed by atoms with Crippen molar-refractivity contribution in [2.45, 2.75) is 37.1 Å². The van der Waals surface area contributed by atoms with Crippen molar-refractivity contribution in [1.29, 1.82) is 0 Å². The van der Waals surface area contributed by atoms with Crippen LogP contribution in [-0.4, -0.2) is 19.3 Å². The van der Waals surface area contributed by atoms with Gasteiger partial charge in [0.25, 0.3) is 0 Å². The van der Waals surface area contributed by atoms with Crippen LogP contribution in [0.5, 0.6) is 0 Å². The van der Waals surface area contributed by atoms with Crippen molar-refractivity contribution >= 4 is 0 Å². The highest BCUT2D eigenvalue weighted by Crippen LogP contribution is 2.52. The molecule has 0 radical (unpaired) electrons. The molecule has 0 amide bonds. The van der Waals surface area contributed by atoms with Crippen molar-refractivity contribution in [3.8, 4) is 0 Å². The van der Waals surface area contributed by atoms with Crippen LogP contribution in [0.15, 0.2) is 24.3 Å². The fraction of sp³-hybridized carbons (Fsp3) is 0.571. The molecule has 3 rings (SSSR count). The van der Waals surface area contributed by atoms with Crippen LogP contribution in [-0.2, 0) is 10.2 Å². The number of hydrogen-bond donors (Lipinski definition) is 1. The van der Waals surface area contributed by atoms with Gasteiger partial charge < -0.3 is 10.5 Å². The normalized spacial score (nSPS) is 24.9. The third-order valence-corrected chi connectivity index (χ3v) is 4.24. The van der Waals surface area contributed by atoms with Crippen molar-refractivity contribution in [1.82, 2.24) is 0 Å². The van der Waals surface area contributed by atoms with Gasteiger partial charge in [-0.2, -0.15) is 0 Å². The van der Waals surface area contributed by atoms with Crippen molar-refractivity contribution in [3.63, 3.8) is 0 Å². The maximum Gasteiger partial charge on any atom is 0.0557 e. The first kappa shape index (κ1) is 10.3. The molecule has 1 aromatic rings. The lowest BCUT2D eigenvalue weighted by Gasteiger charge is -2.32. The van der Waals surface area contributed by atoms with Gasteiger partial charge in [-0.15, -0.1) is 0 Å². The van der Waals surface area contributed by atoms with E-state index in [-0.39, 0.29) is 11.5 Å². The molecule has 16 heavy (non-hydrogen) atoms. The average molecular weight is 217 g/mol. The third-order valence-electron chi connectivity index (χ3n) is 4.24. The molecule has 2 N–H and O–H groups in total. The molecule has 2 fully saturated rings. The minimum atomic E-state index is 0.259. The zero-order chi connectivity index (χ0) is 11.2. The summed E-state index contributed by atoms with van der Waals surface area (Å²) in [4.78, 5) is 0. The predicted octanol–water partition coefficient (Wildman–Crippen LogP) is 2.18. The Bertz CT molecular complexity index is 391. The maximum atomic E-state index is 6.16. The molecule has 0 aromatic heterocycles. The number of benzene rings is 1. The Hall–Kier alpha value is -0.860. The van der Waals surface area contributed by atoms with Gasteiger partial charge in [-0.1, -0.05) is 24.3 Å². The van der Waals surface area contributed by atoms with Gasteiger partial charge in [0.1, 0.15) is 0 Å². The summed E-state index contributed by atoms with van der Waals surface area (Å²) in [6, 6.07) is 9.05. The lowest BCUT2D eigenvalue weighted by molar-refractivity contribution is 0.00784.